The van der Waals surface area contributed by atoms with Gasteiger partial charge in [-0.15, -0.1) is 23.1 Å². The second kappa shape index (κ2) is 13.5. The molecule has 0 aliphatic heterocycles. The highest BCUT2D eigenvalue weighted by Crippen LogP contribution is 2.40. The number of anilines is 2. The zero-order valence-electron chi connectivity index (χ0n) is 21.8. The van der Waals surface area contributed by atoms with Gasteiger partial charge in [-0.1, -0.05) is 84.9 Å². The number of ether oxygens (including phenoxy) is 1. The van der Waals surface area contributed by atoms with Crippen molar-refractivity contribution in [1.29, 1.82) is 5.26 Å². The quantitative estimate of drug-likeness (QED) is 0.166. The van der Waals surface area contributed by atoms with E-state index in [2.05, 4.69) is 16.7 Å². The molecule has 0 bridgehead atoms. The summed E-state index contributed by atoms with van der Waals surface area (Å²) < 4.78 is 5.54. The molecule has 4 aromatic carbocycles. The number of thioether (sulfide) groups is 1. The van der Waals surface area contributed by atoms with Crippen LogP contribution in [0.25, 0.3) is 11.1 Å². The first-order chi connectivity index (χ1) is 20.1. The van der Waals surface area contributed by atoms with E-state index in [9.17, 15) is 14.9 Å². The average Bonchev–Trinajstić information content (AvgIpc) is 3.42. The van der Waals surface area contributed by atoms with Gasteiger partial charge in [-0.05, 0) is 41.5 Å². The highest BCUT2D eigenvalue weighted by Gasteiger charge is 2.25. The molecule has 41 heavy (non-hydrogen) atoms. The highest BCUT2D eigenvalue weighted by atomic mass is 32.2. The topological polar surface area (TPSA) is 91.2 Å². The summed E-state index contributed by atoms with van der Waals surface area (Å²) in [6, 6.07) is 37.9. The number of carbonyl (C=O) groups is 2. The van der Waals surface area contributed by atoms with Crippen LogP contribution in [0.1, 0.15) is 16.4 Å². The largest absolute Gasteiger partial charge is 0.484 e. The van der Waals surface area contributed by atoms with E-state index in [1.807, 2.05) is 102 Å². The summed E-state index contributed by atoms with van der Waals surface area (Å²) in [6.45, 7) is -0.122. The standard InChI is InChI=1S/C33H25N3O3S2/c34-20-28-29(23-11-4-1-5-12-23)22-40-33(28)36-32(38)31(24-13-6-2-7-14-24)41-27-18-10-15-25(19-27)35-30(37)21-39-26-16-8-3-9-17-26/h1-19,22,31H,21H2,(H,35,37)(H,36,38). The fourth-order valence-corrected chi connectivity index (χ4v) is 6.12. The molecule has 5 aromatic rings. The minimum atomic E-state index is -0.600. The lowest BCUT2D eigenvalue weighted by Crippen LogP contribution is -2.20. The fraction of sp³-hybridized carbons (Fsp3) is 0.0606. The van der Waals surface area contributed by atoms with E-state index >= 15 is 0 Å². The van der Waals surface area contributed by atoms with Crippen LogP contribution in [0.2, 0.25) is 0 Å². The van der Waals surface area contributed by atoms with E-state index in [1.165, 1.54) is 23.1 Å². The molecule has 0 aliphatic carbocycles. The van der Waals surface area contributed by atoms with Crippen LogP contribution in [0.3, 0.4) is 0 Å². The van der Waals surface area contributed by atoms with Gasteiger partial charge >= 0.3 is 0 Å². The molecule has 0 aliphatic rings. The van der Waals surface area contributed by atoms with Crippen molar-refractivity contribution < 1.29 is 14.3 Å². The Balaban J connectivity index is 1.32. The molecule has 1 heterocycles. The first kappa shape index (κ1) is 27.7. The van der Waals surface area contributed by atoms with Gasteiger partial charge in [0.25, 0.3) is 5.91 Å². The normalized spacial score (nSPS) is 11.2. The molecule has 5 rings (SSSR count). The van der Waals surface area contributed by atoms with Gasteiger partial charge in [0.05, 0.1) is 5.56 Å². The van der Waals surface area contributed by atoms with Crippen LogP contribution in [0, 0.1) is 11.3 Å². The number of nitriles is 1. The Morgan fingerprint density at radius 3 is 2.24 bits per heavy atom. The summed E-state index contributed by atoms with van der Waals surface area (Å²) in [5.74, 6) is 0.0824. The number of carbonyl (C=O) groups excluding carboxylic acids is 2. The Morgan fingerprint density at radius 1 is 0.854 bits per heavy atom. The molecule has 0 fully saturated rings. The van der Waals surface area contributed by atoms with Gasteiger partial charge in [-0.25, -0.2) is 0 Å². The summed E-state index contributed by atoms with van der Waals surface area (Å²) >= 11 is 2.70. The second-order valence-corrected chi connectivity index (χ2v) is 11.0. The van der Waals surface area contributed by atoms with Crippen molar-refractivity contribution in [3.8, 4) is 22.9 Å². The number of rotatable bonds is 10. The molecule has 1 atom stereocenters. The van der Waals surface area contributed by atoms with Crippen molar-refractivity contribution in [3.05, 3.63) is 132 Å². The predicted molar refractivity (Wildman–Crippen MR) is 165 cm³/mol. The monoisotopic (exact) mass is 575 g/mol. The summed E-state index contributed by atoms with van der Waals surface area (Å²) in [5.41, 5.74) is 3.56. The summed E-state index contributed by atoms with van der Waals surface area (Å²) in [7, 11) is 0. The van der Waals surface area contributed by atoms with Gasteiger partial charge in [0.15, 0.2) is 6.61 Å². The Kier molecular flexibility index (Phi) is 9.12. The lowest BCUT2D eigenvalue weighted by Gasteiger charge is -2.17. The molecule has 2 N–H and O–H groups in total. The first-order valence-electron chi connectivity index (χ1n) is 12.8. The lowest BCUT2D eigenvalue weighted by atomic mass is 10.1. The van der Waals surface area contributed by atoms with Gasteiger partial charge in [0.2, 0.25) is 5.91 Å². The van der Waals surface area contributed by atoms with Gasteiger partial charge in [0, 0.05) is 21.5 Å². The SMILES string of the molecule is N#Cc1c(-c2ccccc2)csc1NC(=O)C(Sc1cccc(NC(=O)COc2ccccc2)c1)c1ccccc1. The van der Waals surface area contributed by atoms with Crippen LogP contribution in [-0.2, 0) is 9.59 Å². The average molecular weight is 576 g/mol. The Morgan fingerprint density at radius 2 is 1.54 bits per heavy atom. The summed E-state index contributed by atoms with van der Waals surface area (Å²) in [4.78, 5) is 27.0. The molecule has 0 spiro atoms. The number of benzene rings is 4. The van der Waals surface area contributed by atoms with E-state index in [-0.39, 0.29) is 18.4 Å². The van der Waals surface area contributed by atoms with Gasteiger partial charge in [0.1, 0.15) is 22.1 Å². The van der Waals surface area contributed by atoms with Crippen LogP contribution in [0.4, 0.5) is 10.7 Å². The maximum Gasteiger partial charge on any atom is 0.262 e. The molecule has 1 aromatic heterocycles. The smallest absolute Gasteiger partial charge is 0.262 e. The van der Waals surface area contributed by atoms with Crippen LogP contribution < -0.4 is 15.4 Å². The third-order valence-corrected chi connectivity index (χ3v) is 8.19. The zero-order chi connectivity index (χ0) is 28.4. The van der Waals surface area contributed by atoms with Crippen LogP contribution in [0.5, 0.6) is 5.75 Å². The molecule has 0 saturated carbocycles. The molecule has 8 heteroatoms. The van der Waals surface area contributed by atoms with Gasteiger partial charge in [-0.3, -0.25) is 9.59 Å². The maximum absolute atomic E-state index is 13.7. The molecule has 202 valence electrons. The Labute approximate surface area is 246 Å². The molecule has 0 radical (unpaired) electrons. The number of amides is 2. The number of para-hydroxylation sites is 1. The summed E-state index contributed by atoms with van der Waals surface area (Å²) in [6.07, 6.45) is 0. The lowest BCUT2D eigenvalue weighted by molar-refractivity contribution is -0.118. The van der Waals surface area contributed by atoms with Crippen LogP contribution >= 0.6 is 23.1 Å². The molecule has 0 saturated heterocycles. The fourth-order valence-electron chi connectivity index (χ4n) is 4.12. The van der Waals surface area contributed by atoms with E-state index in [4.69, 9.17) is 4.74 Å². The van der Waals surface area contributed by atoms with Gasteiger partial charge < -0.3 is 15.4 Å². The van der Waals surface area contributed by atoms with Crippen LogP contribution in [-0.4, -0.2) is 18.4 Å². The Bertz CT molecular complexity index is 1670. The summed E-state index contributed by atoms with van der Waals surface area (Å²) in [5, 5.41) is 17.6. The zero-order valence-corrected chi connectivity index (χ0v) is 23.5. The van der Waals surface area contributed by atoms with E-state index in [1.54, 1.807) is 18.2 Å². The third kappa shape index (κ3) is 7.22. The van der Waals surface area contributed by atoms with Crippen LogP contribution in [0.15, 0.2) is 126 Å². The Hall–Kier alpha value is -4.84. The number of nitrogens with one attached hydrogen (secondary N) is 2. The molecule has 2 amide bonds. The number of hydrogen-bond donors (Lipinski definition) is 2. The molecular formula is C33H25N3O3S2. The third-order valence-electron chi connectivity index (χ3n) is 6.05. The van der Waals surface area contributed by atoms with Crippen molar-refractivity contribution in [2.75, 3.05) is 17.2 Å². The van der Waals surface area contributed by atoms with E-state index in [0.29, 0.717) is 22.0 Å². The van der Waals surface area contributed by atoms with E-state index < -0.39 is 5.25 Å². The molecular weight excluding hydrogens is 551 g/mol. The minimum Gasteiger partial charge on any atom is -0.484 e. The maximum atomic E-state index is 13.7. The predicted octanol–water partition coefficient (Wildman–Crippen LogP) is 7.78. The molecule has 1 unspecified atom stereocenters. The second-order valence-electron chi connectivity index (χ2n) is 8.91. The number of thiophene rings is 1. The van der Waals surface area contributed by atoms with Gasteiger partial charge in [-0.2, -0.15) is 5.26 Å². The van der Waals surface area contributed by atoms with Crippen molar-refractivity contribution in [2.45, 2.75) is 10.1 Å². The van der Waals surface area contributed by atoms with Crippen molar-refractivity contribution in [2.24, 2.45) is 0 Å². The highest BCUT2D eigenvalue weighted by molar-refractivity contribution is 8.00. The van der Waals surface area contributed by atoms with Crippen molar-refractivity contribution in [3.63, 3.8) is 0 Å². The minimum absolute atomic E-state index is 0.122. The van der Waals surface area contributed by atoms with Crippen molar-refractivity contribution >= 4 is 45.6 Å². The van der Waals surface area contributed by atoms with E-state index in [0.717, 1.165) is 21.6 Å². The number of hydrogen-bond acceptors (Lipinski definition) is 6. The first-order valence-corrected chi connectivity index (χ1v) is 14.5. The van der Waals surface area contributed by atoms with Crippen molar-refractivity contribution in [1.82, 2.24) is 0 Å². The number of nitrogens with zero attached hydrogens (tertiary/aromatic N) is 1. The molecule has 6 nitrogen and oxygen atoms in total.